The molecular formula is C16H22O2S. The van der Waals surface area contributed by atoms with Crippen LogP contribution in [0.5, 0.6) is 0 Å². The van der Waals surface area contributed by atoms with Gasteiger partial charge in [0.15, 0.2) is 0 Å². The van der Waals surface area contributed by atoms with E-state index in [9.17, 15) is 4.79 Å². The molecule has 1 unspecified atom stereocenters. The van der Waals surface area contributed by atoms with Gasteiger partial charge in [0.2, 0.25) is 0 Å². The molecule has 1 aliphatic heterocycles. The van der Waals surface area contributed by atoms with Crippen LogP contribution in [-0.4, -0.2) is 17.0 Å². The second-order valence-corrected chi connectivity index (χ2v) is 6.44. The van der Waals surface area contributed by atoms with Crippen LogP contribution in [0.15, 0.2) is 30.3 Å². The van der Waals surface area contributed by atoms with Gasteiger partial charge in [-0.1, -0.05) is 36.8 Å². The Hall–Kier alpha value is -0.960. The monoisotopic (exact) mass is 278 g/mol. The number of carbonyl (C=O) groups is 1. The highest BCUT2D eigenvalue weighted by molar-refractivity contribution is 8.00. The third kappa shape index (κ3) is 5.68. The van der Waals surface area contributed by atoms with Crippen LogP contribution in [0.2, 0.25) is 0 Å². The maximum atomic E-state index is 11.6. The number of hydrogen-bond acceptors (Lipinski definition) is 3. The smallest absolute Gasteiger partial charge is 0.306 e. The summed E-state index contributed by atoms with van der Waals surface area (Å²) in [7, 11) is 0. The number of thioether (sulfide) groups is 1. The Kier molecular flexibility index (Phi) is 6.28. The van der Waals surface area contributed by atoms with E-state index in [0.717, 1.165) is 23.7 Å². The van der Waals surface area contributed by atoms with Gasteiger partial charge in [-0.05, 0) is 37.0 Å². The highest BCUT2D eigenvalue weighted by Crippen LogP contribution is 2.30. The third-order valence-corrected chi connectivity index (χ3v) is 4.89. The highest BCUT2D eigenvalue weighted by atomic mass is 32.2. The Morgan fingerprint density at radius 1 is 1.26 bits per heavy atom. The lowest BCUT2D eigenvalue weighted by molar-refractivity contribution is -0.145. The first-order valence-electron chi connectivity index (χ1n) is 7.16. The second kappa shape index (κ2) is 8.26. The van der Waals surface area contributed by atoms with Gasteiger partial charge in [0.1, 0.15) is 6.61 Å². The molecule has 2 nitrogen and oxygen atoms in total. The van der Waals surface area contributed by atoms with Gasteiger partial charge in [-0.25, -0.2) is 0 Å². The third-order valence-electron chi connectivity index (χ3n) is 3.42. The summed E-state index contributed by atoms with van der Waals surface area (Å²) in [6, 6.07) is 9.84. The number of esters is 1. The number of carbonyl (C=O) groups excluding carboxylic acids is 1. The van der Waals surface area contributed by atoms with Gasteiger partial charge in [-0.3, -0.25) is 4.79 Å². The molecule has 0 spiro atoms. The minimum absolute atomic E-state index is 0.0667. The van der Waals surface area contributed by atoms with E-state index in [1.807, 2.05) is 30.3 Å². The molecule has 0 aliphatic carbocycles. The van der Waals surface area contributed by atoms with Crippen LogP contribution < -0.4 is 0 Å². The molecule has 19 heavy (non-hydrogen) atoms. The van der Waals surface area contributed by atoms with Crippen molar-refractivity contribution in [1.82, 2.24) is 0 Å². The molecular weight excluding hydrogens is 256 g/mol. The van der Waals surface area contributed by atoms with Crippen molar-refractivity contribution in [2.75, 3.05) is 5.75 Å². The van der Waals surface area contributed by atoms with Crippen LogP contribution in [0.1, 0.15) is 44.1 Å². The zero-order chi connectivity index (χ0) is 13.3. The fraction of sp³-hybridized carbons (Fsp3) is 0.562. The van der Waals surface area contributed by atoms with Crippen LogP contribution in [0, 0.1) is 0 Å². The van der Waals surface area contributed by atoms with Crippen molar-refractivity contribution in [2.45, 2.75) is 50.4 Å². The number of ether oxygens (including phenoxy) is 1. The fourth-order valence-electron chi connectivity index (χ4n) is 2.32. The average Bonchev–Trinajstić information content (AvgIpc) is 2.96. The van der Waals surface area contributed by atoms with E-state index in [4.69, 9.17) is 4.74 Å². The maximum absolute atomic E-state index is 11.6. The van der Waals surface area contributed by atoms with Crippen molar-refractivity contribution in [2.24, 2.45) is 0 Å². The van der Waals surface area contributed by atoms with Crippen molar-refractivity contribution in [3.63, 3.8) is 0 Å². The van der Waals surface area contributed by atoms with Crippen LogP contribution in [0.3, 0.4) is 0 Å². The topological polar surface area (TPSA) is 26.3 Å². The predicted molar refractivity (Wildman–Crippen MR) is 80.2 cm³/mol. The molecule has 0 radical (unpaired) electrons. The molecule has 1 fully saturated rings. The summed E-state index contributed by atoms with van der Waals surface area (Å²) in [6.45, 7) is 0.401. The molecule has 1 atom stereocenters. The lowest BCUT2D eigenvalue weighted by Gasteiger charge is -2.08. The molecule has 0 bridgehead atoms. The lowest BCUT2D eigenvalue weighted by Crippen LogP contribution is -2.05. The van der Waals surface area contributed by atoms with Gasteiger partial charge in [-0.15, -0.1) is 0 Å². The van der Waals surface area contributed by atoms with Crippen LogP contribution in [0.4, 0.5) is 0 Å². The van der Waals surface area contributed by atoms with E-state index in [1.54, 1.807) is 0 Å². The molecule has 0 amide bonds. The van der Waals surface area contributed by atoms with Gasteiger partial charge in [-0.2, -0.15) is 11.8 Å². The van der Waals surface area contributed by atoms with Crippen LogP contribution in [0.25, 0.3) is 0 Å². The van der Waals surface area contributed by atoms with Crippen molar-refractivity contribution < 1.29 is 9.53 Å². The quantitative estimate of drug-likeness (QED) is 0.552. The fourth-order valence-corrected chi connectivity index (χ4v) is 3.66. The number of unbranched alkanes of at least 4 members (excludes halogenated alkanes) is 1. The van der Waals surface area contributed by atoms with Crippen molar-refractivity contribution >= 4 is 17.7 Å². The number of hydrogen-bond donors (Lipinski definition) is 0. The molecule has 0 saturated carbocycles. The average molecular weight is 278 g/mol. The van der Waals surface area contributed by atoms with Gasteiger partial charge >= 0.3 is 5.97 Å². The molecule has 1 aliphatic rings. The predicted octanol–water partition coefficient (Wildman–Crippen LogP) is 4.19. The Morgan fingerprint density at radius 3 is 2.84 bits per heavy atom. The highest BCUT2D eigenvalue weighted by Gasteiger charge is 2.14. The van der Waals surface area contributed by atoms with Crippen molar-refractivity contribution in [3.05, 3.63) is 35.9 Å². The Bertz CT molecular complexity index is 372. The first-order valence-corrected chi connectivity index (χ1v) is 8.20. The van der Waals surface area contributed by atoms with Crippen molar-refractivity contribution in [1.29, 1.82) is 0 Å². The molecule has 1 saturated heterocycles. The zero-order valence-electron chi connectivity index (χ0n) is 11.3. The number of benzene rings is 1. The van der Waals surface area contributed by atoms with Crippen LogP contribution >= 0.6 is 11.8 Å². The van der Waals surface area contributed by atoms with E-state index in [-0.39, 0.29) is 5.97 Å². The largest absolute Gasteiger partial charge is 0.461 e. The molecule has 2 rings (SSSR count). The molecule has 3 heteroatoms. The van der Waals surface area contributed by atoms with E-state index >= 15 is 0 Å². The maximum Gasteiger partial charge on any atom is 0.306 e. The summed E-state index contributed by atoms with van der Waals surface area (Å²) in [5, 5.41) is 0.848. The molecule has 0 aromatic heterocycles. The van der Waals surface area contributed by atoms with Gasteiger partial charge in [0.25, 0.3) is 0 Å². The molecule has 1 aromatic rings. The standard InChI is InChI=1S/C16H22O2S/c17-16(18-13-14-7-2-1-3-8-14)11-5-4-9-15-10-6-12-19-15/h1-3,7-8,15H,4-6,9-13H2. The summed E-state index contributed by atoms with van der Waals surface area (Å²) in [5.41, 5.74) is 1.05. The summed E-state index contributed by atoms with van der Waals surface area (Å²) >= 11 is 2.09. The molecule has 104 valence electrons. The minimum Gasteiger partial charge on any atom is -0.461 e. The Balaban J connectivity index is 1.52. The van der Waals surface area contributed by atoms with Gasteiger partial charge in [0, 0.05) is 11.7 Å². The van der Waals surface area contributed by atoms with Crippen LogP contribution in [-0.2, 0) is 16.1 Å². The van der Waals surface area contributed by atoms with E-state index < -0.39 is 0 Å². The van der Waals surface area contributed by atoms with Gasteiger partial charge < -0.3 is 4.74 Å². The Labute approximate surface area is 119 Å². The Morgan fingerprint density at radius 2 is 2.11 bits per heavy atom. The molecule has 1 aromatic carbocycles. The van der Waals surface area contributed by atoms with Crippen molar-refractivity contribution in [3.8, 4) is 0 Å². The summed E-state index contributed by atoms with van der Waals surface area (Å²) in [5.74, 6) is 1.26. The van der Waals surface area contributed by atoms with E-state index in [1.165, 1.54) is 25.0 Å². The first-order chi connectivity index (χ1) is 9.34. The van der Waals surface area contributed by atoms with E-state index in [2.05, 4.69) is 11.8 Å². The molecule has 0 N–H and O–H groups in total. The summed E-state index contributed by atoms with van der Waals surface area (Å²) in [6.07, 6.45) is 6.67. The molecule has 1 heterocycles. The van der Waals surface area contributed by atoms with E-state index in [0.29, 0.717) is 13.0 Å². The minimum atomic E-state index is -0.0667. The number of rotatable bonds is 7. The zero-order valence-corrected chi connectivity index (χ0v) is 12.2. The lowest BCUT2D eigenvalue weighted by atomic mass is 10.1. The summed E-state index contributed by atoms with van der Waals surface area (Å²) in [4.78, 5) is 11.6. The summed E-state index contributed by atoms with van der Waals surface area (Å²) < 4.78 is 5.26. The second-order valence-electron chi connectivity index (χ2n) is 5.03. The first kappa shape index (κ1) is 14.4. The normalized spacial score (nSPS) is 18.4. The van der Waals surface area contributed by atoms with Gasteiger partial charge in [0.05, 0.1) is 0 Å². The SMILES string of the molecule is O=C(CCCCC1CCCS1)OCc1ccccc1.